The van der Waals surface area contributed by atoms with Crippen LogP contribution in [0.1, 0.15) is 48.0 Å². The number of aldehydes is 1. The first-order valence-electron chi connectivity index (χ1n) is 7.00. The molecule has 0 radical (unpaired) electrons. The van der Waals surface area contributed by atoms with Gasteiger partial charge >= 0.3 is 0 Å². The summed E-state index contributed by atoms with van der Waals surface area (Å²) in [5, 5.41) is 0.414. The summed E-state index contributed by atoms with van der Waals surface area (Å²) in [6.07, 6.45) is 6.31. The van der Waals surface area contributed by atoms with E-state index < -0.39 is 0 Å². The number of halogens is 1. The summed E-state index contributed by atoms with van der Waals surface area (Å²) in [7, 11) is 0. The Morgan fingerprint density at radius 3 is 2.60 bits per heavy atom. The number of benzene rings is 1. The Kier molecular flexibility index (Phi) is 3.61. The molecule has 1 fully saturated rings. The Hall–Kier alpha value is -1.26. The molecule has 4 nitrogen and oxygen atoms in total. The highest BCUT2D eigenvalue weighted by molar-refractivity contribution is 6.33. The minimum absolute atomic E-state index is 0.110. The van der Waals surface area contributed by atoms with E-state index in [0.29, 0.717) is 28.6 Å². The normalized spacial score (nSPS) is 19.9. The van der Waals surface area contributed by atoms with E-state index in [-0.39, 0.29) is 12.2 Å². The Morgan fingerprint density at radius 2 is 1.95 bits per heavy atom. The van der Waals surface area contributed by atoms with Crippen LogP contribution >= 0.6 is 11.6 Å². The molecule has 0 unspecified atom stereocenters. The Labute approximate surface area is 123 Å². The lowest BCUT2D eigenvalue weighted by atomic mass is 9.69. The maximum Gasteiger partial charge on any atom is 0.231 e. The predicted octanol–water partition coefficient (Wildman–Crippen LogP) is 3.04. The molecular formula is C15H18ClNO3. The first kappa shape index (κ1) is 13.7. The molecule has 0 bridgehead atoms. The maximum absolute atomic E-state index is 11.2. The predicted molar refractivity (Wildman–Crippen MR) is 76.8 cm³/mol. The van der Waals surface area contributed by atoms with Gasteiger partial charge in [-0.15, -0.1) is 0 Å². The van der Waals surface area contributed by atoms with Crippen LogP contribution in [0.3, 0.4) is 0 Å². The van der Waals surface area contributed by atoms with Gasteiger partial charge in [-0.3, -0.25) is 4.79 Å². The molecule has 1 aromatic carbocycles. The Balaban J connectivity index is 2.16. The molecule has 0 spiro atoms. The van der Waals surface area contributed by atoms with Gasteiger partial charge in [0.15, 0.2) is 17.8 Å². The largest absolute Gasteiger partial charge is 0.453 e. The van der Waals surface area contributed by atoms with Crippen LogP contribution in [0.25, 0.3) is 0 Å². The lowest BCUT2D eigenvalue weighted by Gasteiger charge is -2.37. The molecule has 1 aromatic rings. The second-order valence-corrected chi connectivity index (χ2v) is 5.95. The average Bonchev–Trinajstić information content (AvgIpc) is 2.96. The molecule has 2 aliphatic rings. The fraction of sp³-hybridized carbons (Fsp3) is 0.533. The second kappa shape index (κ2) is 5.26. The summed E-state index contributed by atoms with van der Waals surface area (Å²) >= 11 is 6.24. The first-order valence-corrected chi connectivity index (χ1v) is 7.37. The third-order valence-electron chi connectivity index (χ3n) is 4.52. The fourth-order valence-electron chi connectivity index (χ4n) is 3.37. The summed E-state index contributed by atoms with van der Waals surface area (Å²) in [4.78, 5) is 11.2. The number of hydrogen-bond acceptors (Lipinski definition) is 4. The number of ether oxygens (including phenoxy) is 2. The zero-order valence-corrected chi connectivity index (χ0v) is 12.0. The van der Waals surface area contributed by atoms with Crippen LogP contribution in [0.4, 0.5) is 0 Å². The summed E-state index contributed by atoms with van der Waals surface area (Å²) in [6.45, 7) is 0.684. The minimum atomic E-state index is -0.110. The van der Waals surface area contributed by atoms with Crippen molar-refractivity contribution in [3.8, 4) is 11.5 Å². The SMILES string of the molecule is NCC1(c2cc(Cl)c(C=O)c3c2OCO3)CCCCC1. The number of nitrogens with two attached hydrogens (primary N) is 1. The molecule has 108 valence electrons. The van der Waals surface area contributed by atoms with Crippen LogP contribution in [0.2, 0.25) is 5.02 Å². The number of rotatable bonds is 3. The van der Waals surface area contributed by atoms with E-state index in [1.54, 1.807) is 0 Å². The number of hydrogen-bond donors (Lipinski definition) is 1. The van der Waals surface area contributed by atoms with Gasteiger partial charge in [-0.2, -0.15) is 0 Å². The van der Waals surface area contributed by atoms with Crippen LogP contribution in [0.5, 0.6) is 11.5 Å². The molecular weight excluding hydrogens is 278 g/mol. The van der Waals surface area contributed by atoms with Gasteiger partial charge in [-0.1, -0.05) is 30.9 Å². The van der Waals surface area contributed by atoms with Crippen molar-refractivity contribution in [1.82, 2.24) is 0 Å². The van der Waals surface area contributed by atoms with Crippen LogP contribution in [-0.2, 0) is 5.41 Å². The topological polar surface area (TPSA) is 61.6 Å². The second-order valence-electron chi connectivity index (χ2n) is 5.55. The number of carbonyl (C=O) groups is 1. The van der Waals surface area contributed by atoms with Gasteiger partial charge in [0.1, 0.15) is 0 Å². The maximum atomic E-state index is 11.2. The Bertz CT molecular complexity index is 538. The zero-order chi connectivity index (χ0) is 14.2. The molecule has 0 saturated heterocycles. The van der Waals surface area contributed by atoms with Gasteiger partial charge in [0, 0.05) is 17.5 Å². The van der Waals surface area contributed by atoms with Crippen molar-refractivity contribution in [2.75, 3.05) is 13.3 Å². The van der Waals surface area contributed by atoms with Gasteiger partial charge in [0.25, 0.3) is 0 Å². The molecule has 0 atom stereocenters. The summed E-state index contributed by atoms with van der Waals surface area (Å²) in [5.41, 5.74) is 7.34. The van der Waals surface area contributed by atoms with Gasteiger partial charge in [-0.05, 0) is 18.9 Å². The van der Waals surface area contributed by atoms with Gasteiger partial charge in [-0.25, -0.2) is 0 Å². The van der Waals surface area contributed by atoms with E-state index in [9.17, 15) is 4.79 Å². The highest BCUT2D eigenvalue weighted by atomic mass is 35.5. The molecule has 5 heteroatoms. The summed E-state index contributed by atoms with van der Waals surface area (Å²) in [6, 6.07) is 1.84. The smallest absolute Gasteiger partial charge is 0.231 e. The number of fused-ring (bicyclic) bond motifs is 1. The fourth-order valence-corrected chi connectivity index (χ4v) is 3.61. The Morgan fingerprint density at radius 1 is 1.25 bits per heavy atom. The van der Waals surface area contributed by atoms with Crippen LogP contribution < -0.4 is 15.2 Å². The zero-order valence-electron chi connectivity index (χ0n) is 11.3. The van der Waals surface area contributed by atoms with E-state index in [1.165, 1.54) is 6.42 Å². The lowest BCUT2D eigenvalue weighted by Crippen LogP contribution is -2.37. The van der Waals surface area contributed by atoms with E-state index in [2.05, 4.69) is 0 Å². The van der Waals surface area contributed by atoms with Crippen molar-refractivity contribution in [1.29, 1.82) is 0 Å². The van der Waals surface area contributed by atoms with Crippen molar-refractivity contribution < 1.29 is 14.3 Å². The quantitative estimate of drug-likeness (QED) is 0.871. The molecule has 3 rings (SSSR count). The standard InChI is InChI=1S/C15H18ClNO3/c16-12-6-11(15(8-17)4-2-1-3-5-15)14-13(10(12)7-18)19-9-20-14/h6-7H,1-5,8-9,17H2. The average molecular weight is 296 g/mol. The van der Waals surface area contributed by atoms with Crippen molar-refractivity contribution >= 4 is 17.9 Å². The molecule has 0 aromatic heterocycles. The summed E-state index contributed by atoms with van der Waals surface area (Å²) in [5.74, 6) is 1.13. The molecule has 0 amide bonds. The van der Waals surface area contributed by atoms with E-state index in [1.807, 2.05) is 6.07 Å². The van der Waals surface area contributed by atoms with Crippen LogP contribution in [-0.4, -0.2) is 19.6 Å². The highest BCUT2D eigenvalue weighted by Crippen LogP contribution is 2.50. The molecule has 1 aliphatic carbocycles. The number of carbonyl (C=O) groups excluding carboxylic acids is 1. The molecule has 1 aliphatic heterocycles. The van der Waals surface area contributed by atoms with Crippen LogP contribution in [0, 0.1) is 0 Å². The monoisotopic (exact) mass is 295 g/mol. The third-order valence-corrected chi connectivity index (χ3v) is 4.83. The van der Waals surface area contributed by atoms with Gasteiger partial charge in [0.05, 0.1) is 10.6 Å². The third kappa shape index (κ3) is 1.98. The van der Waals surface area contributed by atoms with Crippen molar-refractivity contribution in [3.05, 3.63) is 22.2 Å². The van der Waals surface area contributed by atoms with E-state index in [0.717, 1.165) is 37.5 Å². The molecule has 20 heavy (non-hydrogen) atoms. The van der Waals surface area contributed by atoms with E-state index in [4.69, 9.17) is 26.8 Å². The van der Waals surface area contributed by atoms with Crippen molar-refractivity contribution in [2.45, 2.75) is 37.5 Å². The van der Waals surface area contributed by atoms with E-state index >= 15 is 0 Å². The van der Waals surface area contributed by atoms with Crippen molar-refractivity contribution in [3.63, 3.8) is 0 Å². The molecule has 1 heterocycles. The summed E-state index contributed by atoms with van der Waals surface area (Å²) < 4.78 is 11.1. The highest BCUT2D eigenvalue weighted by Gasteiger charge is 2.38. The van der Waals surface area contributed by atoms with Crippen LogP contribution in [0.15, 0.2) is 6.07 Å². The molecule has 2 N–H and O–H groups in total. The van der Waals surface area contributed by atoms with Gasteiger partial charge in [0.2, 0.25) is 6.79 Å². The minimum Gasteiger partial charge on any atom is -0.453 e. The van der Waals surface area contributed by atoms with Crippen molar-refractivity contribution in [2.24, 2.45) is 5.73 Å². The first-order chi connectivity index (χ1) is 9.72. The van der Waals surface area contributed by atoms with Gasteiger partial charge < -0.3 is 15.2 Å². The molecule has 1 saturated carbocycles. The lowest BCUT2D eigenvalue weighted by molar-refractivity contribution is 0.111.